The summed E-state index contributed by atoms with van der Waals surface area (Å²) < 4.78 is 0. The SMILES string of the molecule is Cc1cnc(C2=CCC3C(=C2)N(c2cnc(C)cn2)C(=O)C3(C)C)cn1. The van der Waals surface area contributed by atoms with Crippen LogP contribution in [0.3, 0.4) is 0 Å². The summed E-state index contributed by atoms with van der Waals surface area (Å²) in [4.78, 5) is 32.4. The molecule has 1 unspecified atom stereocenters. The van der Waals surface area contributed by atoms with E-state index in [0.717, 1.165) is 34.8 Å². The molecular formula is C20H21N5O. The van der Waals surface area contributed by atoms with Gasteiger partial charge in [-0.25, -0.2) is 4.98 Å². The number of allylic oxidation sites excluding steroid dienone is 4. The van der Waals surface area contributed by atoms with Crippen LogP contribution in [0.4, 0.5) is 5.82 Å². The number of hydrogen-bond donors (Lipinski definition) is 0. The van der Waals surface area contributed by atoms with Crippen LogP contribution >= 0.6 is 0 Å². The predicted molar refractivity (Wildman–Crippen MR) is 99.0 cm³/mol. The molecule has 0 radical (unpaired) electrons. The summed E-state index contributed by atoms with van der Waals surface area (Å²) in [6.07, 6.45) is 11.9. The van der Waals surface area contributed by atoms with Gasteiger partial charge in [-0.3, -0.25) is 24.6 Å². The Bertz CT molecular complexity index is 926. The number of anilines is 1. The monoisotopic (exact) mass is 347 g/mol. The quantitative estimate of drug-likeness (QED) is 0.834. The fourth-order valence-electron chi connectivity index (χ4n) is 3.58. The number of nitrogens with zero attached hydrogens (tertiary/aromatic N) is 5. The summed E-state index contributed by atoms with van der Waals surface area (Å²) in [5.41, 5.74) is 3.97. The summed E-state index contributed by atoms with van der Waals surface area (Å²) in [7, 11) is 0. The van der Waals surface area contributed by atoms with E-state index in [1.807, 2.05) is 33.8 Å². The molecule has 6 heteroatoms. The van der Waals surface area contributed by atoms with E-state index in [0.29, 0.717) is 5.82 Å². The van der Waals surface area contributed by atoms with Crippen LogP contribution in [0.2, 0.25) is 0 Å². The second-order valence-corrected chi connectivity index (χ2v) is 7.44. The van der Waals surface area contributed by atoms with Crippen LogP contribution in [-0.4, -0.2) is 25.8 Å². The van der Waals surface area contributed by atoms with Crippen molar-refractivity contribution in [3.8, 4) is 0 Å². The molecular weight excluding hydrogens is 326 g/mol. The van der Waals surface area contributed by atoms with Crippen molar-refractivity contribution in [1.29, 1.82) is 0 Å². The van der Waals surface area contributed by atoms with Gasteiger partial charge in [0.1, 0.15) is 0 Å². The zero-order valence-corrected chi connectivity index (χ0v) is 15.4. The van der Waals surface area contributed by atoms with Gasteiger partial charge in [-0.2, -0.15) is 0 Å². The van der Waals surface area contributed by atoms with E-state index in [1.165, 1.54) is 0 Å². The highest BCUT2D eigenvalue weighted by Crippen LogP contribution is 2.49. The minimum atomic E-state index is -0.487. The van der Waals surface area contributed by atoms with Crippen LogP contribution in [-0.2, 0) is 4.79 Å². The Morgan fingerprint density at radius 2 is 1.69 bits per heavy atom. The maximum atomic E-state index is 13.1. The van der Waals surface area contributed by atoms with E-state index in [4.69, 9.17) is 0 Å². The van der Waals surface area contributed by atoms with Crippen molar-refractivity contribution in [3.63, 3.8) is 0 Å². The third-order valence-electron chi connectivity index (χ3n) is 5.19. The molecule has 0 saturated carbocycles. The van der Waals surface area contributed by atoms with Crippen LogP contribution in [0.25, 0.3) is 5.57 Å². The van der Waals surface area contributed by atoms with Crippen LogP contribution in [0.5, 0.6) is 0 Å². The van der Waals surface area contributed by atoms with Crippen molar-refractivity contribution in [2.45, 2.75) is 34.1 Å². The van der Waals surface area contributed by atoms with E-state index in [-0.39, 0.29) is 11.8 Å². The molecule has 1 aliphatic heterocycles. The second-order valence-electron chi connectivity index (χ2n) is 7.44. The van der Waals surface area contributed by atoms with Gasteiger partial charge < -0.3 is 0 Å². The van der Waals surface area contributed by atoms with Crippen molar-refractivity contribution >= 4 is 17.3 Å². The zero-order valence-electron chi connectivity index (χ0n) is 15.4. The number of carbonyl (C=O) groups excluding carboxylic acids is 1. The normalized spacial score (nSPS) is 21.3. The number of aromatic nitrogens is 4. The lowest BCUT2D eigenvalue weighted by molar-refractivity contribution is -0.125. The first-order chi connectivity index (χ1) is 12.4. The van der Waals surface area contributed by atoms with E-state index < -0.39 is 5.41 Å². The average molecular weight is 347 g/mol. The fourth-order valence-corrected chi connectivity index (χ4v) is 3.58. The first kappa shape index (κ1) is 16.6. The molecule has 6 nitrogen and oxygen atoms in total. The molecule has 1 atom stereocenters. The van der Waals surface area contributed by atoms with Crippen molar-refractivity contribution < 1.29 is 4.79 Å². The molecule has 0 N–H and O–H groups in total. The Morgan fingerprint density at radius 3 is 2.31 bits per heavy atom. The third kappa shape index (κ3) is 2.53. The van der Waals surface area contributed by atoms with E-state index in [1.54, 1.807) is 29.7 Å². The lowest BCUT2D eigenvalue weighted by Crippen LogP contribution is -2.31. The third-order valence-corrected chi connectivity index (χ3v) is 5.19. The maximum Gasteiger partial charge on any atom is 0.238 e. The summed E-state index contributed by atoms with van der Waals surface area (Å²) in [5, 5.41) is 0. The number of fused-ring (bicyclic) bond motifs is 1. The molecule has 4 rings (SSSR count). The highest BCUT2D eigenvalue weighted by atomic mass is 16.2. The number of aryl methyl sites for hydroxylation is 2. The molecule has 1 saturated heterocycles. The fraction of sp³-hybridized carbons (Fsp3) is 0.350. The van der Waals surface area contributed by atoms with E-state index in [9.17, 15) is 4.79 Å². The molecule has 3 heterocycles. The van der Waals surface area contributed by atoms with Gasteiger partial charge in [0.15, 0.2) is 5.82 Å². The van der Waals surface area contributed by atoms with Gasteiger partial charge in [-0.1, -0.05) is 19.9 Å². The molecule has 2 aliphatic rings. The smallest absolute Gasteiger partial charge is 0.238 e. The molecule has 1 amide bonds. The first-order valence-electron chi connectivity index (χ1n) is 8.72. The van der Waals surface area contributed by atoms with Crippen molar-refractivity contribution in [2.75, 3.05) is 4.90 Å². The Morgan fingerprint density at radius 1 is 1.00 bits per heavy atom. The van der Waals surface area contributed by atoms with Crippen LogP contribution in [0, 0.1) is 25.2 Å². The highest BCUT2D eigenvalue weighted by molar-refractivity contribution is 6.04. The van der Waals surface area contributed by atoms with Crippen molar-refractivity contribution in [1.82, 2.24) is 19.9 Å². The summed E-state index contributed by atoms with van der Waals surface area (Å²) in [6, 6.07) is 0. The molecule has 0 aromatic carbocycles. The molecule has 0 bridgehead atoms. The van der Waals surface area contributed by atoms with Gasteiger partial charge in [-0.15, -0.1) is 0 Å². The molecule has 2 aromatic heterocycles. The Kier molecular flexibility index (Phi) is 3.72. The standard InChI is InChI=1S/C20H21N5O/c1-12-8-23-16(10-21-12)14-5-6-15-17(7-14)25(19(26)20(15,3)4)18-11-22-13(2)9-24-18/h5,7-11,15H,6H2,1-4H3. The Hall–Kier alpha value is -2.89. The summed E-state index contributed by atoms with van der Waals surface area (Å²) in [5.74, 6) is 0.732. The molecule has 2 aromatic rings. The molecule has 1 fully saturated rings. The second kappa shape index (κ2) is 5.83. The molecule has 26 heavy (non-hydrogen) atoms. The lowest BCUT2D eigenvalue weighted by atomic mass is 9.76. The zero-order chi connectivity index (χ0) is 18.5. The van der Waals surface area contributed by atoms with Crippen LogP contribution < -0.4 is 4.90 Å². The maximum absolute atomic E-state index is 13.1. The van der Waals surface area contributed by atoms with Crippen LogP contribution in [0.15, 0.2) is 42.6 Å². The lowest BCUT2D eigenvalue weighted by Gasteiger charge is -2.25. The van der Waals surface area contributed by atoms with Gasteiger partial charge in [0, 0.05) is 17.8 Å². The van der Waals surface area contributed by atoms with Crippen molar-refractivity contribution in [3.05, 3.63) is 59.7 Å². The topological polar surface area (TPSA) is 71.9 Å². The Labute approximate surface area is 152 Å². The first-order valence-corrected chi connectivity index (χ1v) is 8.72. The predicted octanol–water partition coefficient (Wildman–Crippen LogP) is 3.24. The van der Waals surface area contributed by atoms with E-state index in [2.05, 4.69) is 26.0 Å². The molecule has 0 spiro atoms. The minimum absolute atomic E-state index is 0.0524. The van der Waals surface area contributed by atoms with Gasteiger partial charge in [0.2, 0.25) is 5.91 Å². The average Bonchev–Trinajstić information content (AvgIpc) is 2.83. The summed E-state index contributed by atoms with van der Waals surface area (Å²) >= 11 is 0. The number of carbonyl (C=O) groups is 1. The summed E-state index contributed by atoms with van der Waals surface area (Å²) in [6.45, 7) is 7.79. The number of amides is 1. The van der Waals surface area contributed by atoms with E-state index >= 15 is 0 Å². The number of rotatable bonds is 2. The van der Waals surface area contributed by atoms with Gasteiger partial charge in [0.25, 0.3) is 0 Å². The number of hydrogen-bond acceptors (Lipinski definition) is 5. The van der Waals surface area contributed by atoms with Gasteiger partial charge >= 0.3 is 0 Å². The highest BCUT2D eigenvalue weighted by Gasteiger charge is 2.51. The van der Waals surface area contributed by atoms with Crippen molar-refractivity contribution in [2.24, 2.45) is 11.3 Å². The minimum Gasteiger partial charge on any atom is -0.273 e. The largest absolute Gasteiger partial charge is 0.273 e. The molecule has 1 aliphatic carbocycles. The van der Waals surface area contributed by atoms with Gasteiger partial charge in [-0.05, 0) is 31.9 Å². The van der Waals surface area contributed by atoms with Crippen LogP contribution in [0.1, 0.15) is 37.4 Å². The Balaban J connectivity index is 1.79. The molecule has 132 valence electrons. The van der Waals surface area contributed by atoms with Gasteiger partial charge in [0.05, 0.1) is 41.1 Å².